The van der Waals surface area contributed by atoms with Gasteiger partial charge in [-0.05, 0) is 37.3 Å². The van der Waals surface area contributed by atoms with Crippen LogP contribution < -0.4 is 10.0 Å². The van der Waals surface area contributed by atoms with Crippen molar-refractivity contribution in [2.24, 2.45) is 0 Å². The van der Waals surface area contributed by atoms with Gasteiger partial charge in [-0.3, -0.25) is 9.52 Å². The van der Waals surface area contributed by atoms with E-state index in [1.54, 1.807) is 6.92 Å². The lowest BCUT2D eigenvalue weighted by Crippen LogP contribution is -2.14. The lowest BCUT2D eigenvalue weighted by molar-refractivity contribution is -0.115. The van der Waals surface area contributed by atoms with Crippen molar-refractivity contribution in [3.05, 3.63) is 53.5 Å². The van der Waals surface area contributed by atoms with Crippen molar-refractivity contribution in [3.63, 3.8) is 0 Å². The number of aromatic nitrogens is 6. The van der Waals surface area contributed by atoms with Gasteiger partial charge in [-0.1, -0.05) is 41.3 Å². The summed E-state index contributed by atoms with van der Waals surface area (Å²) in [6.07, 6.45) is 0.219. The van der Waals surface area contributed by atoms with E-state index in [0.29, 0.717) is 32.8 Å². The summed E-state index contributed by atoms with van der Waals surface area (Å²) < 4.78 is 27.3. The minimum absolute atomic E-state index is 0.0518. The third-order valence-electron chi connectivity index (χ3n) is 4.86. The van der Waals surface area contributed by atoms with Gasteiger partial charge >= 0.3 is 0 Å². The molecule has 0 radical (unpaired) electrons. The molecule has 0 aliphatic heterocycles. The van der Waals surface area contributed by atoms with E-state index in [4.69, 9.17) is 0 Å². The Morgan fingerprint density at radius 1 is 1.06 bits per heavy atom. The average Bonchev–Trinajstić information content (AvgIpc) is 3.41. The number of nitrogens with one attached hydrogen (secondary N) is 3. The van der Waals surface area contributed by atoms with Crippen LogP contribution in [-0.4, -0.2) is 50.4 Å². The Morgan fingerprint density at radius 3 is 2.63 bits per heavy atom. The number of aryl methyl sites for hydroxylation is 1. The van der Waals surface area contributed by atoms with Crippen LogP contribution in [0, 0.1) is 6.92 Å². The molecular formula is C21H18N8O3S3. The summed E-state index contributed by atoms with van der Waals surface area (Å²) in [7, 11) is -3.80. The van der Waals surface area contributed by atoms with Gasteiger partial charge in [-0.25, -0.2) is 13.4 Å². The molecule has 3 heterocycles. The molecule has 178 valence electrons. The monoisotopic (exact) mass is 526 g/mol. The van der Waals surface area contributed by atoms with Gasteiger partial charge in [0.1, 0.15) is 10.5 Å². The Bertz CT molecular complexity index is 1630. The number of nitrogens with zero attached hydrogens (tertiary/aromatic N) is 5. The maximum absolute atomic E-state index is 12.5. The largest absolute Gasteiger partial charge is 0.338 e. The van der Waals surface area contributed by atoms with E-state index in [-0.39, 0.29) is 22.4 Å². The van der Waals surface area contributed by atoms with Crippen LogP contribution in [0.3, 0.4) is 0 Å². The zero-order valence-electron chi connectivity index (χ0n) is 18.2. The second kappa shape index (κ2) is 9.56. The molecule has 0 aliphatic carbocycles. The SMILES string of the molecule is Cc1nnc(NS(=O)(=O)c2ccc(NC(=O)CCSc3nnc4c(n3)[nH]c3ccccc34)cc2)s1. The van der Waals surface area contributed by atoms with E-state index in [0.717, 1.165) is 22.2 Å². The number of hydrogen-bond donors (Lipinski definition) is 3. The molecule has 35 heavy (non-hydrogen) atoms. The Labute approximate surface area is 207 Å². The summed E-state index contributed by atoms with van der Waals surface area (Å²) in [5, 5.41) is 21.0. The highest BCUT2D eigenvalue weighted by atomic mass is 32.2. The van der Waals surface area contributed by atoms with Crippen molar-refractivity contribution in [1.82, 2.24) is 30.4 Å². The maximum Gasteiger partial charge on any atom is 0.263 e. The van der Waals surface area contributed by atoms with Gasteiger partial charge in [0.05, 0.1) is 4.90 Å². The minimum Gasteiger partial charge on any atom is -0.338 e. The number of benzene rings is 2. The summed E-state index contributed by atoms with van der Waals surface area (Å²) in [5.41, 5.74) is 2.79. The fourth-order valence-electron chi connectivity index (χ4n) is 3.25. The van der Waals surface area contributed by atoms with Crippen molar-refractivity contribution in [2.45, 2.75) is 23.4 Å². The summed E-state index contributed by atoms with van der Waals surface area (Å²) in [5.74, 6) is 0.242. The highest BCUT2D eigenvalue weighted by Gasteiger charge is 2.17. The number of rotatable bonds is 8. The molecule has 0 fully saturated rings. The lowest BCUT2D eigenvalue weighted by atomic mass is 10.2. The maximum atomic E-state index is 12.5. The van der Waals surface area contributed by atoms with Crippen LogP contribution in [0.4, 0.5) is 10.8 Å². The minimum atomic E-state index is -3.80. The van der Waals surface area contributed by atoms with Crippen LogP contribution in [0.15, 0.2) is 58.6 Å². The number of carbonyl (C=O) groups is 1. The van der Waals surface area contributed by atoms with Crippen LogP contribution in [0.2, 0.25) is 0 Å². The smallest absolute Gasteiger partial charge is 0.263 e. The molecule has 5 rings (SSSR count). The van der Waals surface area contributed by atoms with E-state index >= 15 is 0 Å². The number of carbonyl (C=O) groups excluding carboxylic acids is 1. The second-order valence-electron chi connectivity index (χ2n) is 7.36. The zero-order chi connectivity index (χ0) is 24.4. The van der Waals surface area contributed by atoms with Crippen LogP contribution in [0.5, 0.6) is 0 Å². The average molecular weight is 527 g/mol. The summed E-state index contributed by atoms with van der Waals surface area (Å²) in [6.45, 7) is 1.73. The van der Waals surface area contributed by atoms with Gasteiger partial charge in [-0.2, -0.15) is 0 Å². The Kier molecular flexibility index (Phi) is 6.32. The summed E-state index contributed by atoms with van der Waals surface area (Å²) in [6, 6.07) is 13.7. The second-order valence-corrected chi connectivity index (χ2v) is 11.3. The predicted octanol–water partition coefficient (Wildman–Crippen LogP) is 3.59. The molecule has 3 N–H and O–H groups in total. The van der Waals surface area contributed by atoms with E-state index in [1.807, 2.05) is 24.3 Å². The molecule has 3 aromatic heterocycles. The van der Waals surface area contributed by atoms with E-state index < -0.39 is 10.0 Å². The number of sulfonamides is 1. The van der Waals surface area contributed by atoms with Crippen molar-refractivity contribution < 1.29 is 13.2 Å². The number of anilines is 2. The van der Waals surface area contributed by atoms with E-state index in [9.17, 15) is 13.2 Å². The molecule has 0 spiro atoms. The zero-order valence-corrected chi connectivity index (χ0v) is 20.7. The Balaban J connectivity index is 1.15. The Hall–Kier alpha value is -3.62. The molecule has 0 atom stereocenters. The molecule has 0 unspecified atom stereocenters. The van der Waals surface area contributed by atoms with E-state index in [2.05, 4.69) is 40.4 Å². The number of amides is 1. The molecule has 0 saturated heterocycles. The van der Waals surface area contributed by atoms with Gasteiger partial charge in [0, 0.05) is 28.8 Å². The lowest BCUT2D eigenvalue weighted by Gasteiger charge is -2.07. The quantitative estimate of drug-likeness (QED) is 0.257. The third-order valence-corrected chi connectivity index (χ3v) is 7.94. The number of fused-ring (bicyclic) bond motifs is 3. The first-order valence-electron chi connectivity index (χ1n) is 10.3. The first-order valence-corrected chi connectivity index (χ1v) is 13.6. The molecule has 5 aromatic rings. The van der Waals surface area contributed by atoms with Gasteiger partial charge in [0.25, 0.3) is 10.0 Å². The van der Waals surface area contributed by atoms with Crippen LogP contribution in [0.25, 0.3) is 22.1 Å². The first-order chi connectivity index (χ1) is 16.9. The van der Waals surface area contributed by atoms with Crippen molar-refractivity contribution >= 4 is 71.9 Å². The molecule has 1 amide bonds. The number of para-hydroxylation sites is 1. The number of hydrogen-bond acceptors (Lipinski definition) is 10. The number of H-pyrrole nitrogens is 1. The van der Waals surface area contributed by atoms with Gasteiger partial charge in [0.2, 0.25) is 16.2 Å². The fourth-order valence-corrected chi connectivity index (χ4v) is 5.80. The van der Waals surface area contributed by atoms with Crippen molar-refractivity contribution in [1.29, 1.82) is 0 Å². The van der Waals surface area contributed by atoms with Crippen LogP contribution in [0.1, 0.15) is 11.4 Å². The molecule has 0 saturated carbocycles. The van der Waals surface area contributed by atoms with Crippen molar-refractivity contribution in [2.75, 3.05) is 15.8 Å². The summed E-state index contributed by atoms with van der Waals surface area (Å²) >= 11 is 2.47. The van der Waals surface area contributed by atoms with Gasteiger partial charge in [-0.15, -0.1) is 20.4 Å². The highest BCUT2D eigenvalue weighted by molar-refractivity contribution is 7.99. The van der Waals surface area contributed by atoms with Gasteiger partial charge < -0.3 is 10.3 Å². The topological polar surface area (TPSA) is 156 Å². The number of thioether (sulfide) groups is 1. The Morgan fingerprint density at radius 2 is 1.86 bits per heavy atom. The van der Waals surface area contributed by atoms with Crippen LogP contribution >= 0.6 is 23.1 Å². The normalized spacial score (nSPS) is 11.7. The van der Waals surface area contributed by atoms with Crippen LogP contribution in [-0.2, 0) is 14.8 Å². The standard InChI is InChI=1S/C21H18N8O3S3/c1-12-25-28-21(34-12)29-35(31,32)14-8-6-13(7-9-14)22-17(30)10-11-33-20-24-19-18(26-27-20)15-4-2-3-5-16(15)23-19/h2-9H,10-11H2,1H3,(H,22,30)(H,28,29)(H,23,24,27). The molecule has 0 bridgehead atoms. The summed E-state index contributed by atoms with van der Waals surface area (Å²) in [4.78, 5) is 20.1. The van der Waals surface area contributed by atoms with Crippen molar-refractivity contribution in [3.8, 4) is 0 Å². The molecule has 2 aromatic carbocycles. The molecule has 14 heteroatoms. The van der Waals surface area contributed by atoms with E-state index in [1.165, 1.54) is 36.0 Å². The first kappa shape index (κ1) is 23.1. The molecular weight excluding hydrogens is 508 g/mol. The third kappa shape index (κ3) is 5.23. The molecule has 0 aliphatic rings. The number of aromatic amines is 1. The van der Waals surface area contributed by atoms with Gasteiger partial charge in [0.15, 0.2) is 5.65 Å². The fraction of sp³-hybridized carbons (Fsp3) is 0.143. The predicted molar refractivity (Wildman–Crippen MR) is 135 cm³/mol. The highest BCUT2D eigenvalue weighted by Crippen LogP contribution is 2.24. The molecule has 11 nitrogen and oxygen atoms in total.